The van der Waals surface area contributed by atoms with Crippen LogP contribution in [0.3, 0.4) is 0 Å². The minimum absolute atomic E-state index is 0.0477. The van der Waals surface area contributed by atoms with Gasteiger partial charge in [0.1, 0.15) is 6.54 Å². The SMILES string of the molecule is COC(=O)CN(Cc1ccc(Cl)cc1)C(=O)C1CCN(C(=O)N(C)C)CC1. The van der Waals surface area contributed by atoms with Gasteiger partial charge < -0.3 is 19.4 Å². The van der Waals surface area contributed by atoms with Crippen molar-refractivity contribution in [2.45, 2.75) is 19.4 Å². The molecular formula is C19H26ClN3O4. The number of amides is 3. The molecule has 27 heavy (non-hydrogen) atoms. The number of piperidine rings is 1. The fraction of sp³-hybridized carbons (Fsp3) is 0.526. The molecule has 1 aromatic rings. The smallest absolute Gasteiger partial charge is 0.325 e. The Morgan fingerprint density at radius 3 is 2.26 bits per heavy atom. The lowest BCUT2D eigenvalue weighted by molar-refractivity contribution is -0.149. The second-order valence-electron chi connectivity index (χ2n) is 6.84. The third-order valence-electron chi connectivity index (χ3n) is 4.64. The highest BCUT2D eigenvalue weighted by atomic mass is 35.5. The monoisotopic (exact) mass is 395 g/mol. The Kier molecular flexibility index (Phi) is 7.47. The van der Waals surface area contributed by atoms with E-state index in [1.54, 1.807) is 31.1 Å². The third-order valence-corrected chi connectivity index (χ3v) is 4.90. The molecule has 3 amide bonds. The van der Waals surface area contributed by atoms with E-state index in [2.05, 4.69) is 0 Å². The van der Waals surface area contributed by atoms with E-state index in [9.17, 15) is 14.4 Å². The van der Waals surface area contributed by atoms with Gasteiger partial charge in [-0.25, -0.2) is 4.79 Å². The van der Waals surface area contributed by atoms with Crippen molar-refractivity contribution in [3.8, 4) is 0 Å². The molecule has 0 radical (unpaired) electrons. The van der Waals surface area contributed by atoms with Crippen molar-refractivity contribution in [1.29, 1.82) is 0 Å². The number of likely N-dealkylation sites (tertiary alicyclic amines) is 1. The molecule has 2 rings (SSSR count). The van der Waals surface area contributed by atoms with Crippen LogP contribution in [0.5, 0.6) is 0 Å². The molecule has 1 fully saturated rings. The largest absolute Gasteiger partial charge is 0.468 e. The molecule has 1 aliphatic rings. The van der Waals surface area contributed by atoms with Crippen molar-refractivity contribution >= 4 is 29.5 Å². The first-order chi connectivity index (χ1) is 12.8. The maximum Gasteiger partial charge on any atom is 0.325 e. The quantitative estimate of drug-likeness (QED) is 0.717. The van der Waals surface area contributed by atoms with Gasteiger partial charge in [-0.05, 0) is 30.5 Å². The van der Waals surface area contributed by atoms with E-state index in [-0.39, 0.29) is 24.4 Å². The van der Waals surface area contributed by atoms with E-state index < -0.39 is 5.97 Å². The molecule has 7 nitrogen and oxygen atoms in total. The molecule has 8 heteroatoms. The van der Waals surface area contributed by atoms with Crippen molar-refractivity contribution in [1.82, 2.24) is 14.7 Å². The maximum atomic E-state index is 13.0. The summed E-state index contributed by atoms with van der Waals surface area (Å²) >= 11 is 5.91. The van der Waals surface area contributed by atoms with Gasteiger partial charge in [0.25, 0.3) is 0 Å². The van der Waals surface area contributed by atoms with Crippen LogP contribution in [0.25, 0.3) is 0 Å². The van der Waals surface area contributed by atoms with Gasteiger partial charge in [0.2, 0.25) is 5.91 Å². The van der Waals surface area contributed by atoms with E-state index in [0.717, 1.165) is 5.56 Å². The van der Waals surface area contributed by atoms with Crippen molar-refractivity contribution in [2.24, 2.45) is 5.92 Å². The number of esters is 1. The lowest BCUT2D eigenvalue weighted by atomic mass is 9.95. The van der Waals surface area contributed by atoms with Crippen LogP contribution < -0.4 is 0 Å². The van der Waals surface area contributed by atoms with E-state index in [0.29, 0.717) is 37.5 Å². The molecule has 0 atom stereocenters. The lowest BCUT2D eigenvalue weighted by Crippen LogP contribution is -2.47. The molecule has 1 heterocycles. The topological polar surface area (TPSA) is 70.2 Å². The average molecular weight is 396 g/mol. The van der Waals surface area contributed by atoms with Gasteiger partial charge in [-0.1, -0.05) is 23.7 Å². The molecule has 1 saturated heterocycles. The Bertz CT molecular complexity index is 670. The summed E-state index contributed by atoms with van der Waals surface area (Å²) in [6.07, 6.45) is 1.16. The fourth-order valence-corrected chi connectivity index (χ4v) is 3.23. The summed E-state index contributed by atoms with van der Waals surface area (Å²) in [7, 11) is 4.73. The first-order valence-electron chi connectivity index (χ1n) is 8.88. The Balaban J connectivity index is 2.04. The lowest BCUT2D eigenvalue weighted by Gasteiger charge is -2.35. The van der Waals surface area contributed by atoms with E-state index >= 15 is 0 Å². The van der Waals surface area contributed by atoms with Crippen LogP contribution in [0.1, 0.15) is 18.4 Å². The molecule has 1 aliphatic heterocycles. The summed E-state index contributed by atoms with van der Waals surface area (Å²) in [5, 5.41) is 0.613. The number of carbonyl (C=O) groups is 3. The number of nitrogens with zero attached hydrogens (tertiary/aromatic N) is 3. The minimum atomic E-state index is -0.461. The number of halogens is 1. The maximum absolute atomic E-state index is 13.0. The molecule has 0 saturated carbocycles. The van der Waals surface area contributed by atoms with Crippen LogP contribution in [0.2, 0.25) is 5.02 Å². The number of hydrogen-bond acceptors (Lipinski definition) is 4. The van der Waals surface area contributed by atoms with Crippen LogP contribution in [-0.2, 0) is 20.9 Å². The number of rotatable bonds is 5. The van der Waals surface area contributed by atoms with Crippen molar-refractivity contribution in [3.63, 3.8) is 0 Å². The third kappa shape index (κ3) is 5.85. The average Bonchev–Trinajstić information content (AvgIpc) is 2.67. The second-order valence-corrected chi connectivity index (χ2v) is 7.27. The van der Waals surface area contributed by atoms with Gasteiger partial charge >= 0.3 is 12.0 Å². The summed E-state index contributed by atoms with van der Waals surface area (Å²) in [5.74, 6) is -0.766. The van der Waals surface area contributed by atoms with Gasteiger partial charge in [0, 0.05) is 44.7 Å². The number of ether oxygens (including phenoxy) is 1. The molecule has 1 aromatic carbocycles. The number of benzene rings is 1. The summed E-state index contributed by atoms with van der Waals surface area (Å²) in [6.45, 7) is 1.26. The number of carbonyl (C=O) groups excluding carboxylic acids is 3. The van der Waals surface area contributed by atoms with Gasteiger partial charge in [0.15, 0.2) is 0 Å². The Hall–Kier alpha value is -2.28. The zero-order chi connectivity index (χ0) is 20.0. The Morgan fingerprint density at radius 1 is 1.15 bits per heavy atom. The predicted octanol–water partition coefficient (Wildman–Crippen LogP) is 2.24. The van der Waals surface area contributed by atoms with E-state index in [1.165, 1.54) is 16.9 Å². The zero-order valence-corrected chi connectivity index (χ0v) is 16.7. The number of methoxy groups -OCH3 is 1. The first-order valence-corrected chi connectivity index (χ1v) is 9.26. The Morgan fingerprint density at radius 2 is 1.74 bits per heavy atom. The van der Waals surface area contributed by atoms with Crippen LogP contribution in [-0.4, -0.2) is 73.4 Å². The van der Waals surface area contributed by atoms with Gasteiger partial charge in [-0.2, -0.15) is 0 Å². The first kappa shape index (κ1) is 21.0. The number of hydrogen-bond donors (Lipinski definition) is 0. The Labute approximate surface area is 164 Å². The van der Waals surface area contributed by atoms with Crippen LogP contribution in [0.15, 0.2) is 24.3 Å². The molecular weight excluding hydrogens is 370 g/mol. The van der Waals surface area contributed by atoms with Crippen LogP contribution in [0.4, 0.5) is 4.79 Å². The second kappa shape index (κ2) is 9.60. The van der Waals surface area contributed by atoms with E-state index in [4.69, 9.17) is 16.3 Å². The highest BCUT2D eigenvalue weighted by molar-refractivity contribution is 6.30. The molecule has 0 aromatic heterocycles. The predicted molar refractivity (Wildman–Crippen MR) is 102 cm³/mol. The molecule has 0 N–H and O–H groups in total. The van der Waals surface area contributed by atoms with Crippen molar-refractivity contribution in [2.75, 3.05) is 40.8 Å². The summed E-state index contributed by atoms with van der Waals surface area (Å²) < 4.78 is 4.74. The number of urea groups is 1. The van der Waals surface area contributed by atoms with Crippen molar-refractivity contribution < 1.29 is 19.1 Å². The van der Waals surface area contributed by atoms with Gasteiger partial charge in [-0.3, -0.25) is 9.59 Å². The molecule has 0 bridgehead atoms. The van der Waals surface area contributed by atoms with Crippen molar-refractivity contribution in [3.05, 3.63) is 34.9 Å². The highest BCUT2D eigenvalue weighted by Gasteiger charge is 2.31. The minimum Gasteiger partial charge on any atom is -0.468 e. The summed E-state index contributed by atoms with van der Waals surface area (Å²) in [4.78, 5) is 41.6. The van der Waals surface area contributed by atoms with Crippen LogP contribution in [0, 0.1) is 5.92 Å². The summed E-state index contributed by atoms with van der Waals surface area (Å²) in [6, 6.07) is 7.12. The van der Waals surface area contributed by atoms with E-state index in [1.807, 2.05) is 12.1 Å². The molecule has 0 aliphatic carbocycles. The summed E-state index contributed by atoms with van der Waals surface area (Å²) in [5.41, 5.74) is 0.886. The zero-order valence-electron chi connectivity index (χ0n) is 16.0. The molecule has 148 valence electrons. The molecule has 0 spiro atoms. The van der Waals surface area contributed by atoms with Gasteiger partial charge in [-0.15, -0.1) is 0 Å². The standard InChI is InChI=1S/C19H26ClN3O4/c1-21(2)19(26)22-10-8-15(9-11-22)18(25)23(13-17(24)27-3)12-14-4-6-16(20)7-5-14/h4-7,15H,8-13H2,1-3H3. The molecule has 0 unspecified atom stereocenters. The normalized spacial score (nSPS) is 14.6. The fourth-order valence-electron chi connectivity index (χ4n) is 3.10. The highest BCUT2D eigenvalue weighted by Crippen LogP contribution is 2.22. The van der Waals surface area contributed by atoms with Crippen LogP contribution >= 0.6 is 11.6 Å². The van der Waals surface area contributed by atoms with Gasteiger partial charge in [0.05, 0.1) is 7.11 Å².